The summed E-state index contributed by atoms with van der Waals surface area (Å²) in [5.74, 6) is 0.613. The summed E-state index contributed by atoms with van der Waals surface area (Å²) in [7, 11) is 2.11. The third-order valence-electron chi connectivity index (χ3n) is 3.65. The standard InChI is InChI=1S/C15H22BrNO2/c1-11(18)13-5-6-15(14(16)8-13)17(2)9-12-4-3-7-19-10-12/h5-6,8,11-12,18H,3-4,7,9-10H2,1-2H3/t11-,12?/m0/s1. The van der Waals surface area contributed by atoms with Crippen molar-refractivity contribution in [3.05, 3.63) is 28.2 Å². The third kappa shape index (κ3) is 3.94. The van der Waals surface area contributed by atoms with E-state index in [1.165, 1.54) is 12.8 Å². The molecule has 19 heavy (non-hydrogen) atoms. The maximum Gasteiger partial charge on any atom is 0.0762 e. The van der Waals surface area contributed by atoms with Gasteiger partial charge in [-0.05, 0) is 59.3 Å². The topological polar surface area (TPSA) is 32.7 Å². The van der Waals surface area contributed by atoms with Crippen LogP contribution in [0.1, 0.15) is 31.4 Å². The lowest BCUT2D eigenvalue weighted by Crippen LogP contribution is -2.31. The summed E-state index contributed by atoms with van der Waals surface area (Å²) in [6, 6.07) is 6.04. The molecule has 1 unspecified atom stereocenters. The molecule has 1 N–H and O–H groups in total. The second kappa shape index (κ2) is 6.73. The number of aliphatic hydroxyl groups excluding tert-OH is 1. The van der Waals surface area contributed by atoms with Gasteiger partial charge >= 0.3 is 0 Å². The fourth-order valence-corrected chi connectivity index (χ4v) is 3.23. The quantitative estimate of drug-likeness (QED) is 0.920. The summed E-state index contributed by atoms with van der Waals surface area (Å²) < 4.78 is 6.56. The van der Waals surface area contributed by atoms with E-state index in [4.69, 9.17) is 4.74 Å². The van der Waals surface area contributed by atoms with Crippen LogP contribution in [0.15, 0.2) is 22.7 Å². The Hall–Kier alpha value is -0.580. The molecule has 2 rings (SSSR count). The Morgan fingerprint density at radius 2 is 2.32 bits per heavy atom. The zero-order valence-corrected chi connectivity index (χ0v) is 13.2. The van der Waals surface area contributed by atoms with Crippen LogP contribution in [0.5, 0.6) is 0 Å². The largest absolute Gasteiger partial charge is 0.389 e. The summed E-state index contributed by atoms with van der Waals surface area (Å²) in [4.78, 5) is 2.26. The molecule has 0 saturated carbocycles. The van der Waals surface area contributed by atoms with Gasteiger partial charge in [0.25, 0.3) is 0 Å². The van der Waals surface area contributed by atoms with Gasteiger partial charge in [0.1, 0.15) is 0 Å². The first-order valence-corrected chi connectivity index (χ1v) is 7.63. The van der Waals surface area contributed by atoms with Crippen LogP contribution in [0.2, 0.25) is 0 Å². The molecule has 1 aliphatic rings. The molecular formula is C15H22BrNO2. The number of ether oxygens (including phenoxy) is 1. The van der Waals surface area contributed by atoms with E-state index in [-0.39, 0.29) is 0 Å². The molecule has 106 valence electrons. The fraction of sp³-hybridized carbons (Fsp3) is 0.600. The van der Waals surface area contributed by atoms with E-state index in [9.17, 15) is 5.11 Å². The van der Waals surface area contributed by atoms with Crippen LogP contribution in [0.4, 0.5) is 5.69 Å². The number of hydrogen-bond acceptors (Lipinski definition) is 3. The van der Waals surface area contributed by atoms with Gasteiger partial charge in [0.2, 0.25) is 0 Å². The molecule has 3 nitrogen and oxygen atoms in total. The normalized spacial score (nSPS) is 21.2. The van der Waals surface area contributed by atoms with Crippen LogP contribution >= 0.6 is 15.9 Å². The van der Waals surface area contributed by atoms with E-state index in [1.54, 1.807) is 6.92 Å². The second-order valence-electron chi connectivity index (χ2n) is 5.35. The van der Waals surface area contributed by atoms with Crippen molar-refractivity contribution >= 4 is 21.6 Å². The monoisotopic (exact) mass is 327 g/mol. The predicted molar refractivity (Wildman–Crippen MR) is 81.6 cm³/mol. The van der Waals surface area contributed by atoms with Crippen molar-refractivity contribution in [1.82, 2.24) is 0 Å². The summed E-state index contributed by atoms with van der Waals surface area (Å²) >= 11 is 3.60. The Balaban J connectivity index is 2.03. The number of halogens is 1. The zero-order chi connectivity index (χ0) is 13.8. The van der Waals surface area contributed by atoms with Crippen molar-refractivity contribution in [2.45, 2.75) is 25.9 Å². The summed E-state index contributed by atoms with van der Waals surface area (Å²) in [6.07, 6.45) is 1.98. The van der Waals surface area contributed by atoms with Crippen molar-refractivity contribution in [2.24, 2.45) is 5.92 Å². The van der Waals surface area contributed by atoms with Gasteiger partial charge < -0.3 is 14.7 Å². The van der Waals surface area contributed by atoms with E-state index in [0.29, 0.717) is 5.92 Å². The number of nitrogens with zero attached hydrogens (tertiary/aromatic N) is 1. The number of rotatable bonds is 4. The van der Waals surface area contributed by atoms with Crippen molar-refractivity contribution in [3.63, 3.8) is 0 Å². The molecule has 0 radical (unpaired) electrons. The zero-order valence-electron chi connectivity index (χ0n) is 11.6. The van der Waals surface area contributed by atoms with Gasteiger partial charge in [-0.2, -0.15) is 0 Å². The molecule has 4 heteroatoms. The lowest BCUT2D eigenvalue weighted by atomic mass is 10.0. The SMILES string of the molecule is C[C@H](O)c1ccc(N(C)CC2CCCOC2)c(Br)c1. The summed E-state index contributed by atoms with van der Waals surface area (Å²) in [6.45, 7) is 4.57. The van der Waals surface area contributed by atoms with Crippen molar-refractivity contribution < 1.29 is 9.84 Å². The number of hydrogen-bond donors (Lipinski definition) is 1. The smallest absolute Gasteiger partial charge is 0.0762 e. The van der Waals surface area contributed by atoms with E-state index >= 15 is 0 Å². The molecule has 1 aliphatic heterocycles. The van der Waals surface area contributed by atoms with E-state index in [1.807, 2.05) is 12.1 Å². The summed E-state index contributed by atoms with van der Waals surface area (Å²) in [5, 5.41) is 9.59. The highest BCUT2D eigenvalue weighted by atomic mass is 79.9. The highest BCUT2D eigenvalue weighted by Gasteiger charge is 2.17. The lowest BCUT2D eigenvalue weighted by Gasteiger charge is -2.29. The van der Waals surface area contributed by atoms with Gasteiger partial charge in [-0.1, -0.05) is 6.07 Å². The minimum absolute atomic E-state index is 0.428. The van der Waals surface area contributed by atoms with Gasteiger partial charge in [0, 0.05) is 24.7 Å². The van der Waals surface area contributed by atoms with E-state index in [2.05, 4.69) is 33.9 Å². The highest BCUT2D eigenvalue weighted by Crippen LogP contribution is 2.29. The molecular weight excluding hydrogens is 306 g/mol. The Morgan fingerprint density at radius 1 is 1.53 bits per heavy atom. The number of benzene rings is 1. The van der Waals surface area contributed by atoms with Gasteiger partial charge in [0.05, 0.1) is 18.4 Å². The lowest BCUT2D eigenvalue weighted by molar-refractivity contribution is 0.0576. The number of anilines is 1. The molecule has 1 aromatic carbocycles. The van der Waals surface area contributed by atoms with Crippen LogP contribution in [0.25, 0.3) is 0 Å². The first-order valence-electron chi connectivity index (χ1n) is 6.84. The third-order valence-corrected chi connectivity index (χ3v) is 4.29. The molecule has 0 aromatic heterocycles. The van der Waals surface area contributed by atoms with Crippen LogP contribution in [-0.4, -0.2) is 31.9 Å². The Bertz CT molecular complexity index is 417. The molecule has 0 spiro atoms. The van der Waals surface area contributed by atoms with Gasteiger partial charge in [-0.15, -0.1) is 0 Å². The van der Waals surface area contributed by atoms with Crippen molar-refractivity contribution in [2.75, 3.05) is 31.7 Å². The Labute approximate surface area is 123 Å². The van der Waals surface area contributed by atoms with Crippen LogP contribution in [0, 0.1) is 5.92 Å². The van der Waals surface area contributed by atoms with Crippen molar-refractivity contribution in [1.29, 1.82) is 0 Å². The molecule has 1 fully saturated rings. The molecule has 0 amide bonds. The maximum absolute atomic E-state index is 9.59. The molecule has 1 aromatic rings. The van der Waals surface area contributed by atoms with Gasteiger partial charge in [-0.3, -0.25) is 0 Å². The molecule has 0 bridgehead atoms. The van der Waals surface area contributed by atoms with Gasteiger partial charge in [0.15, 0.2) is 0 Å². The van der Waals surface area contributed by atoms with E-state index < -0.39 is 6.10 Å². The van der Waals surface area contributed by atoms with E-state index in [0.717, 1.165) is 35.5 Å². The first kappa shape index (κ1) is 14.8. The van der Waals surface area contributed by atoms with Gasteiger partial charge in [-0.25, -0.2) is 0 Å². The van der Waals surface area contributed by atoms with Crippen LogP contribution in [-0.2, 0) is 4.74 Å². The highest BCUT2D eigenvalue weighted by molar-refractivity contribution is 9.10. The molecule has 1 saturated heterocycles. The first-order chi connectivity index (χ1) is 9.08. The average Bonchev–Trinajstić information content (AvgIpc) is 2.39. The summed E-state index contributed by atoms with van der Waals surface area (Å²) in [5.41, 5.74) is 2.10. The fourth-order valence-electron chi connectivity index (χ4n) is 2.53. The maximum atomic E-state index is 9.59. The molecule has 0 aliphatic carbocycles. The van der Waals surface area contributed by atoms with Crippen LogP contribution in [0.3, 0.4) is 0 Å². The molecule has 1 heterocycles. The van der Waals surface area contributed by atoms with Crippen LogP contribution < -0.4 is 4.90 Å². The Kier molecular flexibility index (Phi) is 5.25. The average molecular weight is 328 g/mol. The van der Waals surface area contributed by atoms with Crippen molar-refractivity contribution in [3.8, 4) is 0 Å². The molecule has 2 atom stereocenters. The minimum atomic E-state index is -0.428. The Morgan fingerprint density at radius 3 is 2.89 bits per heavy atom. The number of aliphatic hydroxyl groups is 1. The predicted octanol–water partition coefficient (Wildman–Crippen LogP) is 3.37. The minimum Gasteiger partial charge on any atom is -0.389 e. The second-order valence-corrected chi connectivity index (χ2v) is 6.20.